The van der Waals surface area contributed by atoms with Gasteiger partial charge in [0, 0.05) is 0 Å². The summed E-state index contributed by atoms with van der Waals surface area (Å²) in [5.74, 6) is 1.49. The summed E-state index contributed by atoms with van der Waals surface area (Å²) in [6.45, 7) is 3.21. The predicted molar refractivity (Wildman–Crippen MR) is 72.2 cm³/mol. The summed E-state index contributed by atoms with van der Waals surface area (Å²) in [5.41, 5.74) is 1.18. The van der Waals surface area contributed by atoms with Crippen molar-refractivity contribution in [2.24, 2.45) is 0 Å². The molecule has 5 heteroatoms. The van der Waals surface area contributed by atoms with E-state index in [2.05, 4.69) is 15.3 Å². The van der Waals surface area contributed by atoms with Gasteiger partial charge in [-0.25, -0.2) is 9.97 Å². The maximum atomic E-state index is 5.91. The molecule has 4 nitrogen and oxygen atoms in total. The summed E-state index contributed by atoms with van der Waals surface area (Å²) < 4.78 is 5.60. The van der Waals surface area contributed by atoms with Gasteiger partial charge in [-0.15, -0.1) is 0 Å². The maximum Gasteiger partial charge on any atom is 0.148 e. The number of rotatable bonds is 5. The highest BCUT2D eigenvalue weighted by Gasteiger charge is 2.00. The monoisotopic (exact) mass is 263 g/mol. The Morgan fingerprint density at radius 1 is 1.39 bits per heavy atom. The van der Waals surface area contributed by atoms with Crippen LogP contribution in [0.5, 0.6) is 5.75 Å². The Morgan fingerprint density at radius 2 is 2.28 bits per heavy atom. The molecule has 1 heterocycles. The highest BCUT2D eigenvalue weighted by Crippen LogP contribution is 2.16. The molecule has 0 unspecified atom stereocenters. The summed E-state index contributed by atoms with van der Waals surface area (Å²) in [6.07, 6.45) is 3.01. The quantitative estimate of drug-likeness (QED) is 0.843. The zero-order valence-corrected chi connectivity index (χ0v) is 10.8. The van der Waals surface area contributed by atoms with Gasteiger partial charge in [-0.05, 0) is 24.6 Å². The smallest absolute Gasteiger partial charge is 0.148 e. The number of benzene rings is 1. The zero-order valence-electron chi connectivity index (χ0n) is 10.1. The van der Waals surface area contributed by atoms with Crippen molar-refractivity contribution in [3.63, 3.8) is 0 Å². The Hall–Kier alpha value is -1.81. The van der Waals surface area contributed by atoms with E-state index in [1.165, 1.54) is 11.9 Å². The van der Waals surface area contributed by atoms with Crippen molar-refractivity contribution in [2.45, 2.75) is 6.92 Å². The Balaban J connectivity index is 1.78. The predicted octanol–water partition coefficient (Wildman–Crippen LogP) is 2.93. The van der Waals surface area contributed by atoms with Gasteiger partial charge in [0.25, 0.3) is 0 Å². The fourth-order valence-corrected chi connectivity index (χ4v) is 1.66. The minimum absolute atomic E-state index is 0.507. The summed E-state index contributed by atoms with van der Waals surface area (Å²) in [4.78, 5) is 7.84. The van der Waals surface area contributed by atoms with Gasteiger partial charge in [0.2, 0.25) is 0 Å². The van der Waals surface area contributed by atoms with Crippen molar-refractivity contribution in [3.05, 3.63) is 47.4 Å². The molecule has 0 fully saturated rings. The Labute approximate surface area is 111 Å². The maximum absolute atomic E-state index is 5.91. The first kappa shape index (κ1) is 12.6. The number of ether oxygens (including phenoxy) is 1. The molecule has 0 bridgehead atoms. The third-order valence-corrected chi connectivity index (χ3v) is 2.60. The lowest BCUT2D eigenvalue weighted by Crippen LogP contribution is -2.12. The van der Waals surface area contributed by atoms with E-state index in [9.17, 15) is 0 Å². The third-order valence-electron chi connectivity index (χ3n) is 2.32. The van der Waals surface area contributed by atoms with Crippen molar-refractivity contribution in [1.82, 2.24) is 9.97 Å². The molecular formula is C13H14ClN3O. The van der Waals surface area contributed by atoms with E-state index in [4.69, 9.17) is 16.3 Å². The number of hydrogen-bond donors (Lipinski definition) is 1. The van der Waals surface area contributed by atoms with Crippen molar-refractivity contribution >= 4 is 17.4 Å². The second kappa shape index (κ2) is 6.21. The normalized spacial score (nSPS) is 10.1. The average Bonchev–Trinajstić information content (AvgIpc) is 2.37. The first-order chi connectivity index (χ1) is 8.75. The van der Waals surface area contributed by atoms with Gasteiger partial charge in [0.1, 0.15) is 29.5 Å². The number of aromatic nitrogens is 2. The molecule has 0 aliphatic heterocycles. The van der Waals surface area contributed by atoms with Gasteiger partial charge >= 0.3 is 0 Å². The molecule has 18 heavy (non-hydrogen) atoms. The Morgan fingerprint density at radius 3 is 3.06 bits per heavy atom. The van der Waals surface area contributed by atoms with Crippen molar-refractivity contribution < 1.29 is 4.74 Å². The highest BCUT2D eigenvalue weighted by atomic mass is 35.5. The van der Waals surface area contributed by atoms with E-state index in [0.717, 1.165) is 5.75 Å². The Kier molecular flexibility index (Phi) is 4.36. The standard InChI is InChI=1S/C13H14ClN3O/c1-10-3-2-4-11(7-10)18-6-5-16-13-12(14)8-15-9-17-13/h2-4,7-9H,5-6H2,1H3,(H,15,16,17). The highest BCUT2D eigenvalue weighted by molar-refractivity contribution is 6.32. The van der Waals surface area contributed by atoms with Crippen LogP contribution >= 0.6 is 11.6 Å². The van der Waals surface area contributed by atoms with Crippen LogP contribution in [0.15, 0.2) is 36.8 Å². The molecular weight excluding hydrogens is 250 g/mol. The molecule has 0 aliphatic rings. The lowest BCUT2D eigenvalue weighted by atomic mass is 10.2. The minimum atomic E-state index is 0.507. The molecule has 0 aliphatic carbocycles. The van der Waals surface area contributed by atoms with Crippen LogP contribution in [0, 0.1) is 6.92 Å². The SMILES string of the molecule is Cc1cccc(OCCNc2ncncc2Cl)c1. The number of anilines is 1. The van der Waals surface area contributed by atoms with Gasteiger partial charge in [-0.1, -0.05) is 23.7 Å². The summed E-state index contributed by atoms with van der Waals surface area (Å²) in [6, 6.07) is 7.94. The topological polar surface area (TPSA) is 47.0 Å². The second-order valence-corrected chi connectivity index (χ2v) is 4.22. The van der Waals surface area contributed by atoms with Crippen molar-refractivity contribution in [2.75, 3.05) is 18.5 Å². The van der Waals surface area contributed by atoms with E-state index in [1.54, 1.807) is 6.20 Å². The molecule has 1 N–H and O–H groups in total. The molecule has 2 rings (SSSR count). The number of aryl methyl sites for hydroxylation is 1. The molecule has 1 aromatic heterocycles. The molecule has 0 radical (unpaired) electrons. The van der Waals surface area contributed by atoms with Crippen molar-refractivity contribution in [1.29, 1.82) is 0 Å². The van der Waals surface area contributed by atoms with E-state index < -0.39 is 0 Å². The van der Waals surface area contributed by atoms with Crippen LogP contribution in [0.4, 0.5) is 5.82 Å². The van der Waals surface area contributed by atoms with Crippen LogP contribution in [-0.4, -0.2) is 23.1 Å². The first-order valence-corrected chi connectivity index (χ1v) is 6.02. The molecule has 0 saturated heterocycles. The number of nitrogens with one attached hydrogen (secondary N) is 1. The van der Waals surface area contributed by atoms with Crippen LogP contribution in [0.3, 0.4) is 0 Å². The molecule has 1 aromatic carbocycles. The molecule has 0 spiro atoms. The third kappa shape index (κ3) is 3.60. The lowest BCUT2D eigenvalue weighted by molar-refractivity contribution is 0.332. The summed E-state index contributed by atoms with van der Waals surface area (Å²) >= 11 is 5.91. The average molecular weight is 264 g/mol. The largest absolute Gasteiger partial charge is 0.492 e. The number of nitrogens with zero attached hydrogens (tertiary/aromatic N) is 2. The second-order valence-electron chi connectivity index (χ2n) is 3.81. The number of hydrogen-bond acceptors (Lipinski definition) is 4. The molecule has 0 amide bonds. The van der Waals surface area contributed by atoms with E-state index in [-0.39, 0.29) is 0 Å². The van der Waals surface area contributed by atoms with Crippen LogP contribution in [0.2, 0.25) is 5.02 Å². The van der Waals surface area contributed by atoms with E-state index in [1.807, 2.05) is 31.2 Å². The molecule has 2 aromatic rings. The minimum Gasteiger partial charge on any atom is -0.492 e. The molecule has 0 atom stereocenters. The fourth-order valence-electron chi connectivity index (χ4n) is 1.49. The first-order valence-electron chi connectivity index (χ1n) is 5.64. The Bertz CT molecular complexity index is 519. The van der Waals surface area contributed by atoms with Crippen LogP contribution in [-0.2, 0) is 0 Å². The van der Waals surface area contributed by atoms with Gasteiger partial charge in [0.05, 0.1) is 12.7 Å². The van der Waals surface area contributed by atoms with Gasteiger partial charge in [-0.3, -0.25) is 0 Å². The fraction of sp³-hybridized carbons (Fsp3) is 0.231. The zero-order chi connectivity index (χ0) is 12.8. The summed E-state index contributed by atoms with van der Waals surface area (Å²) in [7, 11) is 0. The lowest BCUT2D eigenvalue weighted by Gasteiger charge is -2.09. The van der Waals surface area contributed by atoms with E-state index in [0.29, 0.717) is 24.0 Å². The molecule has 94 valence electrons. The summed E-state index contributed by atoms with van der Waals surface area (Å²) in [5, 5.41) is 3.60. The van der Waals surface area contributed by atoms with E-state index >= 15 is 0 Å². The van der Waals surface area contributed by atoms with Crippen LogP contribution in [0.1, 0.15) is 5.56 Å². The van der Waals surface area contributed by atoms with Crippen LogP contribution in [0.25, 0.3) is 0 Å². The van der Waals surface area contributed by atoms with Gasteiger partial charge < -0.3 is 10.1 Å². The van der Waals surface area contributed by atoms with Crippen LogP contribution < -0.4 is 10.1 Å². The number of halogens is 1. The van der Waals surface area contributed by atoms with Gasteiger partial charge in [0.15, 0.2) is 0 Å². The van der Waals surface area contributed by atoms with Gasteiger partial charge in [-0.2, -0.15) is 0 Å². The van der Waals surface area contributed by atoms with Crippen molar-refractivity contribution in [3.8, 4) is 5.75 Å². The molecule has 0 saturated carbocycles.